The molecule has 0 bridgehead atoms. The topological polar surface area (TPSA) is 3.24 Å². The Bertz CT molecular complexity index is 703. The van der Waals surface area contributed by atoms with E-state index in [0.717, 1.165) is 24.8 Å². The Morgan fingerprint density at radius 2 is 1.58 bits per heavy atom. The molecule has 1 aliphatic rings. The molecule has 24 heavy (non-hydrogen) atoms. The Labute approximate surface area is 144 Å². The zero-order valence-electron chi connectivity index (χ0n) is 14.6. The van der Waals surface area contributed by atoms with Crippen molar-refractivity contribution in [2.45, 2.75) is 38.1 Å². The van der Waals surface area contributed by atoms with E-state index in [0.29, 0.717) is 0 Å². The molecular weight excluding hydrogens is 297 g/mol. The van der Waals surface area contributed by atoms with Gasteiger partial charge in [-0.25, -0.2) is 4.39 Å². The van der Waals surface area contributed by atoms with Crippen LogP contribution < -0.4 is 0 Å². The van der Waals surface area contributed by atoms with Gasteiger partial charge >= 0.3 is 0 Å². The standard InChI is InChI=1S/C22H26FN/c1-24(2)22(17-10-4-3-5-11-17)20-14-8-6-12-18(20)16-19-13-7-9-15-21(19)23/h3-5,7,9-11,13,15,22H,6,8,12,14,16H2,1-2H3. The molecule has 0 aliphatic heterocycles. The van der Waals surface area contributed by atoms with E-state index in [1.165, 1.54) is 29.6 Å². The van der Waals surface area contributed by atoms with Gasteiger partial charge < -0.3 is 0 Å². The van der Waals surface area contributed by atoms with Gasteiger partial charge in [0.15, 0.2) is 0 Å². The average molecular weight is 323 g/mol. The average Bonchev–Trinajstić information content (AvgIpc) is 2.59. The van der Waals surface area contributed by atoms with Crippen molar-refractivity contribution in [1.29, 1.82) is 0 Å². The van der Waals surface area contributed by atoms with Gasteiger partial charge in [-0.15, -0.1) is 0 Å². The number of hydrogen-bond acceptors (Lipinski definition) is 1. The molecule has 0 saturated heterocycles. The van der Waals surface area contributed by atoms with Crippen LogP contribution in [0.1, 0.15) is 42.9 Å². The molecule has 0 amide bonds. The summed E-state index contributed by atoms with van der Waals surface area (Å²) in [5.41, 5.74) is 5.05. The van der Waals surface area contributed by atoms with E-state index in [2.05, 4.69) is 49.3 Å². The number of nitrogens with zero attached hydrogens (tertiary/aromatic N) is 1. The molecule has 2 aromatic carbocycles. The highest BCUT2D eigenvalue weighted by Crippen LogP contribution is 2.38. The van der Waals surface area contributed by atoms with Crippen LogP contribution in [0.3, 0.4) is 0 Å². The van der Waals surface area contributed by atoms with E-state index in [9.17, 15) is 4.39 Å². The molecule has 0 spiro atoms. The first-order valence-electron chi connectivity index (χ1n) is 8.82. The third-order valence-electron chi connectivity index (χ3n) is 4.95. The molecule has 0 aromatic heterocycles. The molecule has 2 heteroatoms. The summed E-state index contributed by atoms with van der Waals surface area (Å²) in [5, 5.41) is 0. The Morgan fingerprint density at radius 1 is 0.917 bits per heavy atom. The van der Waals surface area contributed by atoms with Gasteiger partial charge in [0.1, 0.15) is 5.82 Å². The first-order valence-corrected chi connectivity index (χ1v) is 8.82. The van der Waals surface area contributed by atoms with Gasteiger partial charge in [-0.3, -0.25) is 4.90 Å². The van der Waals surface area contributed by atoms with Crippen molar-refractivity contribution in [3.05, 3.63) is 82.7 Å². The van der Waals surface area contributed by atoms with Crippen molar-refractivity contribution in [2.24, 2.45) is 0 Å². The number of rotatable bonds is 5. The Hall–Kier alpha value is -1.93. The fourth-order valence-electron chi connectivity index (χ4n) is 3.84. The molecule has 1 aliphatic carbocycles. The van der Waals surface area contributed by atoms with Crippen LogP contribution in [0.4, 0.5) is 4.39 Å². The van der Waals surface area contributed by atoms with Crippen molar-refractivity contribution in [3.63, 3.8) is 0 Å². The van der Waals surface area contributed by atoms with E-state index >= 15 is 0 Å². The summed E-state index contributed by atoms with van der Waals surface area (Å²) in [7, 11) is 4.28. The number of halogens is 1. The summed E-state index contributed by atoms with van der Waals surface area (Å²) in [6.07, 6.45) is 5.37. The van der Waals surface area contributed by atoms with Crippen LogP contribution in [-0.4, -0.2) is 19.0 Å². The second kappa shape index (κ2) is 7.76. The van der Waals surface area contributed by atoms with Crippen molar-refractivity contribution in [2.75, 3.05) is 14.1 Å². The molecule has 0 radical (unpaired) electrons. The highest BCUT2D eigenvalue weighted by Gasteiger charge is 2.24. The Morgan fingerprint density at radius 3 is 2.29 bits per heavy atom. The van der Waals surface area contributed by atoms with Gasteiger partial charge in [-0.1, -0.05) is 54.1 Å². The van der Waals surface area contributed by atoms with Crippen LogP contribution in [0.5, 0.6) is 0 Å². The molecule has 3 rings (SSSR count). The van der Waals surface area contributed by atoms with Crippen molar-refractivity contribution in [3.8, 4) is 0 Å². The Balaban J connectivity index is 1.99. The third-order valence-corrected chi connectivity index (χ3v) is 4.95. The van der Waals surface area contributed by atoms with Crippen LogP contribution in [-0.2, 0) is 6.42 Å². The Kier molecular flexibility index (Phi) is 5.47. The summed E-state index contributed by atoms with van der Waals surface area (Å²) in [4.78, 5) is 2.29. The summed E-state index contributed by atoms with van der Waals surface area (Å²) in [5.74, 6) is -0.0870. The van der Waals surface area contributed by atoms with E-state index < -0.39 is 0 Å². The minimum absolute atomic E-state index is 0.0870. The molecule has 1 nitrogen and oxygen atoms in total. The smallest absolute Gasteiger partial charge is 0.126 e. The van der Waals surface area contributed by atoms with Gasteiger partial charge in [0.2, 0.25) is 0 Å². The van der Waals surface area contributed by atoms with Crippen molar-refractivity contribution < 1.29 is 4.39 Å². The molecule has 0 saturated carbocycles. The van der Waals surface area contributed by atoms with Crippen LogP contribution in [0.25, 0.3) is 0 Å². The van der Waals surface area contributed by atoms with E-state index in [1.807, 2.05) is 12.1 Å². The normalized spacial score (nSPS) is 16.5. The second-order valence-corrected chi connectivity index (χ2v) is 6.88. The number of likely N-dealkylation sites (N-methyl/N-ethyl adjacent to an activating group) is 1. The van der Waals surface area contributed by atoms with Gasteiger partial charge in [-0.2, -0.15) is 0 Å². The van der Waals surface area contributed by atoms with Gasteiger partial charge in [-0.05, 0) is 69.0 Å². The second-order valence-electron chi connectivity index (χ2n) is 6.88. The minimum atomic E-state index is -0.0870. The maximum atomic E-state index is 14.1. The maximum absolute atomic E-state index is 14.1. The molecule has 0 N–H and O–H groups in total. The predicted molar refractivity (Wildman–Crippen MR) is 98.5 cm³/mol. The molecule has 126 valence electrons. The predicted octanol–water partition coefficient (Wildman–Crippen LogP) is 5.54. The lowest BCUT2D eigenvalue weighted by atomic mass is 9.82. The van der Waals surface area contributed by atoms with E-state index in [-0.39, 0.29) is 11.9 Å². The zero-order chi connectivity index (χ0) is 16.9. The number of hydrogen-bond donors (Lipinski definition) is 0. The molecule has 2 aromatic rings. The maximum Gasteiger partial charge on any atom is 0.126 e. The van der Waals surface area contributed by atoms with Crippen LogP contribution >= 0.6 is 0 Å². The summed E-state index contributed by atoms with van der Waals surface area (Å²) in [6.45, 7) is 0. The number of benzene rings is 2. The van der Waals surface area contributed by atoms with Gasteiger partial charge in [0.05, 0.1) is 6.04 Å². The minimum Gasteiger partial charge on any atom is -0.299 e. The summed E-state index contributed by atoms with van der Waals surface area (Å²) in [6, 6.07) is 18.1. The third kappa shape index (κ3) is 3.76. The molecule has 0 fully saturated rings. The lowest BCUT2D eigenvalue weighted by Gasteiger charge is -2.32. The highest BCUT2D eigenvalue weighted by molar-refractivity contribution is 5.35. The monoisotopic (exact) mass is 323 g/mol. The summed E-state index contributed by atoms with van der Waals surface area (Å²) < 4.78 is 14.1. The van der Waals surface area contributed by atoms with Gasteiger partial charge in [0, 0.05) is 0 Å². The molecule has 1 unspecified atom stereocenters. The molecule has 1 atom stereocenters. The number of allylic oxidation sites excluding steroid dienone is 1. The van der Waals surface area contributed by atoms with E-state index in [1.54, 1.807) is 12.1 Å². The molecular formula is C22H26FN. The van der Waals surface area contributed by atoms with E-state index in [4.69, 9.17) is 0 Å². The quantitative estimate of drug-likeness (QED) is 0.653. The molecule has 0 heterocycles. The van der Waals surface area contributed by atoms with Crippen molar-refractivity contribution in [1.82, 2.24) is 4.90 Å². The SMILES string of the molecule is CN(C)C(C1=C(Cc2ccccc2F)CCCC1)c1ccccc1. The van der Waals surface area contributed by atoms with Crippen molar-refractivity contribution >= 4 is 0 Å². The lowest BCUT2D eigenvalue weighted by Crippen LogP contribution is -2.24. The fraction of sp³-hybridized carbons (Fsp3) is 0.364. The first kappa shape index (κ1) is 16.9. The van der Waals surface area contributed by atoms with Crippen LogP contribution in [0.15, 0.2) is 65.7 Å². The zero-order valence-corrected chi connectivity index (χ0v) is 14.6. The lowest BCUT2D eigenvalue weighted by molar-refractivity contribution is 0.323. The fourth-order valence-corrected chi connectivity index (χ4v) is 3.84. The van der Waals surface area contributed by atoms with Crippen LogP contribution in [0.2, 0.25) is 0 Å². The van der Waals surface area contributed by atoms with Gasteiger partial charge in [0.25, 0.3) is 0 Å². The largest absolute Gasteiger partial charge is 0.299 e. The summed E-state index contributed by atoms with van der Waals surface area (Å²) >= 11 is 0. The van der Waals surface area contributed by atoms with Crippen LogP contribution in [0, 0.1) is 5.82 Å². The first-order chi connectivity index (χ1) is 11.7. The highest BCUT2D eigenvalue weighted by atomic mass is 19.1.